The molecular formula is C21H23N7O8. The number of esters is 3. The summed E-state index contributed by atoms with van der Waals surface area (Å²) in [5, 5.41) is 2.54. The fraction of sp³-hybridized carbons (Fsp3) is 0.429. The van der Waals surface area contributed by atoms with Crippen LogP contribution in [0.15, 0.2) is 25.0 Å². The predicted octanol–water partition coefficient (Wildman–Crippen LogP) is 0.294. The number of ether oxygens (including phenoxy) is 4. The molecule has 1 N–H and O–H groups in total. The van der Waals surface area contributed by atoms with Gasteiger partial charge in [-0.25, -0.2) is 9.97 Å². The molecular weight excluding hydrogens is 478 g/mol. The summed E-state index contributed by atoms with van der Waals surface area (Å²) >= 11 is 0. The molecule has 0 unspecified atom stereocenters. The molecule has 36 heavy (non-hydrogen) atoms. The van der Waals surface area contributed by atoms with E-state index in [1.807, 2.05) is 0 Å². The SMILES string of the molecule is CC(=O)Nc1nc(-n2ccnc2)c2ncn([C@@H]3O[C@H](COC(C)=O)[C@@H](OC(C)=O)[C@H]3OC(C)=O)c2n1. The zero-order valence-corrected chi connectivity index (χ0v) is 19.8. The molecule has 1 saturated heterocycles. The normalized spacial score (nSPS) is 21.2. The van der Waals surface area contributed by atoms with Crippen LogP contribution in [0.4, 0.5) is 5.95 Å². The molecule has 3 aromatic heterocycles. The Kier molecular flexibility index (Phi) is 6.91. The number of rotatable bonds is 7. The number of amides is 1. The Morgan fingerprint density at radius 3 is 2.33 bits per heavy atom. The molecule has 15 heteroatoms. The van der Waals surface area contributed by atoms with Crippen molar-refractivity contribution in [2.45, 2.75) is 52.2 Å². The smallest absolute Gasteiger partial charge is 0.303 e. The van der Waals surface area contributed by atoms with Crippen molar-refractivity contribution in [1.29, 1.82) is 0 Å². The van der Waals surface area contributed by atoms with Gasteiger partial charge in [0.25, 0.3) is 0 Å². The maximum atomic E-state index is 12.0. The Bertz CT molecular complexity index is 1310. The summed E-state index contributed by atoms with van der Waals surface area (Å²) in [5.74, 6) is -1.98. The first-order valence-electron chi connectivity index (χ1n) is 10.8. The number of hydrogen-bond acceptors (Lipinski definition) is 12. The van der Waals surface area contributed by atoms with Crippen LogP contribution in [0.3, 0.4) is 0 Å². The Balaban J connectivity index is 1.83. The molecule has 1 amide bonds. The number of nitrogens with one attached hydrogen (secondary N) is 1. The molecule has 0 aromatic carbocycles. The number of nitrogens with zero attached hydrogens (tertiary/aromatic N) is 6. The van der Waals surface area contributed by atoms with E-state index in [-0.39, 0.29) is 18.2 Å². The van der Waals surface area contributed by atoms with Crippen molar-refractivity contribution in [2.24, 2.45) is 0 Å². The Morgan fingerprint density at radius 2 is 1.72 bits per heavy atom. The van der Waals surface area contributed by atoms with Crippen LogP contribution >= 0.6 is 0 Å². The summed E-state index contributed by atoms with van der Waals surface area (Å²) in [5.41, 5.74) is 0.536. The lowest BCUT2D eigenvalue weighted by Crippen LogP contribution is -2.40. The zero-order valence-electron chi connectivity index (χ0n) is 19.8. The van der Waals surface area contributed by atoms with E-state index < -0.39 is 48.4 Å². The minimum absolute atomic E-state index is 0.0181. The van der Waals surface area contributed by atoms with Crippen molar-refractivity contribution < 1.29 is 38.1 Å². The number of carbonyl (C=O) groups is 4. The van der Waals surface area contributed by atoms with E-state index in [1.165, 1.54) is 44.9 Å². The van der Waals surface area contributed by atoms with Gasteiger partial charge < -0.3 is 18.9 Å². The average molecular weight is 501 g/mol. The first kappa shape index (κ1) is 24.7. The second kappa shape index (κ2) is 10.1. The van der Waals surface area contributed by atoms with Gasteiger partial charge in [0.05, 0.1) is 6.33 Å². The van der Waals surface area contributed by atoms with E-state index in [0.29, 0.717) is 11.3 Å². The molecule has 1 fully saturated rings. The van der Waals surface area contributed by atoms with Gasteiger partial charge in [-0.3, -0.25) is 33.6 Å². The number of fused-ring (bicyclic) bond motifs is 1. The third kappa shape index (κ3) is 5.14. The Labute approximate surface area is 203 Å². The van der Waals surface area contributed by atoms with Gasteiger partial charge in [0.15, 0.2) is 35.4 Å². The standard InChI is InChI=1S/C21H23N7O8/c1-10(29)24-21-25-18(27-6-5-22-8-27)15-19(26-21)28(9-23-15)20-17(35-13(4)32)16(34-12(3)31)14(36-20)7-33-11(2)30/h5-6,8-9,14,16-17,20H,7H2,1-4H3,(H,24,25,26,29)/t14-,16-,17-,20-/m1/s1. The van der Waals surface area contributed by atoms with Crippen LogP contribution in [0.25, 0.3) is 17.0 Å². The average Bonchev–Trinajstić information content (AvgIpc) is 3.51. The highest BCUT2D eigenvalue weighted by Crippen LogP contribution is 2.36. The largest absolute Gasteiger partial charge is 0.463 e. The van der Waals surface area contributed by atoms with Gasteiger partial charge in [-0.05, 0) is 0 Å². The second-order valence-corrected chi connectivity index (χ2v) is 7.86. The van der Waals surface area contributed by atoms with Gasteiger partial charge in [0.1, 0.15) is 19.0 Å². The molecule has 0 aliphatic carbocycles. The molecule has 4 atom stereocenters. The summed E-state index contributed by atoms with van der Waals surface area (Å²) in [7, 11) is 0. The number of hydrogen-bond donors (Lipinski definition) is 1. The molecule has 4 rings (SSSR count). The fourth-order valence-corrected chi connectivity index (χ4v) is 3.78. The Morgan fingerprint density at radius 1 is 1.00 bits per heavy atom. The van der Waals surface area contributed by atoms with Crippen LogP contribution in [0.2, 0.25) is 0 Å². The van der Waals surface area contributed by atoms with Crippen LogP contribution in [0.5, 0.6) is 0 Å². The van der Waals surface area contributed by atoms with Crippen molar-refractivity contribution >= 4 is 40.9 Å². The van der Waals surface area contributed by atoms with E-state index in [0.717, 1.165) is 0 Å². The van der Waals surface area contributed by atoms with Crippen molar-refractivity contribution in [3.8, 4) is 5.82 Å². The molecule has 190 valence electrons. The lowest BCUT2D eigenvalue weighted by Gasteiger charge is -2.23. The van der Waals surface area contributed by atoms with Crippen LogP contribution < -0.4 is 5.32 Å². The number of anilines is 1. The van der Waals surface area contributed by atoms with Crippen molar-refractivity contribution in [3.63, 3.8) is 0 Å². The van der Waals surface area contributed by atoms with Gasteiger partial charge in [-0.15, -0.1) is 0 Å². The third-order valence-electron chi connectivity index (χ3n) is 5.05. The maximum Gasteiger partial charge on any atom is 0.303 e. The lowest BCUT2D eigenvalue weighted by atomic mass is 10.1. The van der Waals surface area contributed by atoms with Crippen molar-refractivity contribution in [1.82, 2.24) is 29.1 Å². The molecule has 0 spiro atoms. The summed E-state index contributed by atoms with van der Waals surface area (Å²) < 4.78 is 25.1. The topological polar surface area (TPSA) is 179 Å². The maximum absolute atomic E-state index is 12.0. The van der Waals surface area contributed by atoms with E-state index in [9.17, 15) is 19.2 Å². The summed E-state index contributed by atoms with van der Waals surface area (Å²) in [6.45, 7) is 4.65. The van der Waals surface area contributed by atoms with E-state index in [1.54, 1.807) is 17.0 Å². The molecule has 1 aliphatic rings. The highest BCUT2D eigenvalue weighted by atomic mass is 16.7. The molecule has 0 radical (unpaired) electrons. The summed E-state index contributed by atoms with van der Waals surface area (Å²) in [4.78, 5) is 64.1. The number of imidazole rings is 2. The van der Waals surface area contributed by atoms with Crippen LogP contribution in [-0.2, 0) is 38.1 Å². The predicted molar refractivity (Wildman–Crippen MR) is 118 cm³/mol. The quantitative estimate of drug-likeness (QED) is 0.346. The van der Waals surface area contributed by atoms with Crippen molar-refractivity contribution in [3.05, 3.63) is 25.0 Å². The first-order valence-corrected chi connectivity index (χ1v) is 10.8. The molecule has 1 aliphatic heterocycles. The third-order valence-corrected chi connectivity index (χ3v) is 5.05. The first-order chi connectivity index (χ1) is 17.1. The van der Waals surface area contributed by atoms with Crippen molar-refractivity contribution in [2.75, 3.05) is 11.9 Å². The minimum atomic E-state index is -1.14. The fourth-order valence-electron chi connectivity index (χ4n) is 3.78. The van der Waals surface area contributed by atoms with Gasteiger partial charge in [0, 0.05) is 40.1 Å². The number of carbonyl (C=O) groups excluding carboxylic acids is 4. The van der Waals surface area contributed by atoms with E-state index >= 15 is 0 Å². The lowest BCUT2D eigenvalue weighted by molar-refractivity contribution is -0.166. The van der Waals surface area contributed by atoms with Gasteiger partial charge in [-0.1, -0.05) is 0 Å². The van der Waals surface area contributed by atoms with E-state index in [2.05, 4.69) is 25.3 Å². The molecule has 4 heterocycles. The zero-order chi connectivity index (χ0) is 26.0. The number of aromatic nitrogens is 6. The molecule has 0 saturated carbocycles. The minimum Gasteiger partial charge on any atom is -0.463 e. The molecule has 3 aromatic rings. The second-order valence-electron chi connectivity index (χ2n) is 7.86. The highest BCUT2D eigenvalue weighted by Gasteiger charge is 2.51. The van der Waals surface area contributed by atoms with Crippen LogP contribution in [0, 0.1) is 0 Å². The van der Waals surface area contributed by atoms with Gasteiger partial charge >= 0.3 is 17.9 Å². The van der Waals surface area contributed by atoms with Crippen LogP contribution in [-0.4, -0.2) is 77.8 Å². The molecule has 15 nitrogen and oxygen atoms in total. The summed E-state index contributed by atoms with van der Waals surface area (Å²) in [6, 6.07) is 0. The van der Waals surface area contributed by atoms with Gasteiger partial charge in [-0.2, -0.15) is 9.97 Å². The Hall–Kier alpha value is -4.40. The molecule has 0 bridgehead atoms. The van der Waals surface area contributed by atoms with Gasteiger partial charge in [0.2, 0.25) is 11.9 Å². The summed E-state index contributed by atoms with van der Waals surface area (Å²) in [6.07, 6.45) is 1.78. The van der Waals surface area contributed by atoms with Crippen LogP contribution in [0.1, 0.15) is 33.9 Å². The monoisotopic (exact) mass is 501 g/mol. The highest BCUT2D eigenvalue weighted by molar-refractivity contribution is 5.89. The van der Waals surface area contributed by atoms with E-state index in [4.69, 9.17) is 18.9 Å².